The van der Waals surface area contributed by atoms with Crippen LogP contribution in [-0.4, -0.2) is 9.97 Å². The van der Waals surface area contributed by atoms with E-state index in [1.165, 1.54) is 12.3 Å². The third-order valence-corrected chi connectivity index (χ3v) is 1.72. The highest BCUT2D eigenvalue weighted by Gasteiger charge is 2.01. The standard InChI is InChI=1S/C8H4ClFN2/c9-8-11-4-5-6(10)2-1-3-7(5)12-8/h1-4H. The predicted molar refractivity (Wildman–Crippen MR) is 44.5 cm³/mol. The fraction of sp³-hybridized carbons (Fsp3) is 0. The Morgan fingerprint density at radius 2 is 2.17 bits per heavy atom. The van der Waals surface area contributed by atoms with Crippen molar-refractivity contribution in [2.75, 3.05) is 0 Å². The van der Waals surface area contributed by atoms with Gasteiger partial charge < -0.3 is 0 Å². The molecule has 0 spiro atoms. The Bertz CT molecular complexity index is 430. The van der Waals surface area contributed by atoms with E-state index in [4.69, 9.17) is 11.6 Å². The second-order valence-electron chi connectivity index (χ2n) is 2.31. The summed E-state index contributed by atoms with van der Waals surface area (Å²) < 4.78 is 13.0. The maximum absolute atomic E-state index is 13.0. The molecule has 12 heavy (non-hydrogen) atoms. The second kappa shape index (κ2) is 2.68. The van der Waals surface area contributed by atoms with E-state index in [0.717, 1.165) is 0 Å². The summed E-state index contributed by atoms with van der Waals surface area (Å²) in [7, 11) is 0. The van der Waals surface area contributed by atoms with Gasteiger partial charge in [0.25, 0.3) is 0 Å². The first kappa shape index (κ1) is 7.43. The first-order valence-electron chi connectivity index (χ1n) is 3.34. The van der Waals surface area contributed by atoms with Crippen molar-refractivity contribution in [3.05, 3.63) is 35.5 Å². The van der Waals surface area contributed by atoms with Crippen LogP contribution in [0.15, 0.2) is 24.4 Å². The molecule has 1 aromatic carbocycles. The van der Waals surface area contributed by atoms with Crippen molar-refractivity contribution in [2.24, 2.45) is 0 Å². The normalized spacial score (nSPS) is 10.5. The Morgan fingerprint density at radius 3 is 3.00 bits per heavy atom. The van der Waals surface area contributed by atoms with Crippen LogP contribution in [0.5, 0.6) is 0 Å². The molecule has 4 heteroatoms. The molecule has 0 fully saturated rings. The van der Waals surface area contributed by atoms with Crippen molar-refractivity contribution in [3.63, 3.8) is 0 Å². The molecule has 0 saturated carbocycles. The van der Waals surface area contributed by atoms with E-state index >= 15 is 0 Å². The number of benzene rings is 1. The zero-order chi connectivity index (χ0) is 8.55. The first-order chi connectivity index (χ1) is 5.77. The number of fused-ring (bicyclic) bond motifs is 1. The average molecular weight is 183 g/mol. The van der Waals surface area contributed by atoms with Crippen LogP contribution in [0.3, 0.4) is 0 Å². The maximum Gasteiger partial charge on any atom is 0.222 e. The fourth-order valence-corrected chi connectivity index (χ4v) is 1.14. The van der Waals surface area contributed by atoms with Crippen LogP contribution in [0.1, 0.15) is 0 Å². The number of hydrogen-bond donors (Lipinski definition) is 0. The van der Waals surface area contributed by atoms with E-state index in [1.54, 1.807) is 12.1 Å². The highest BCUT2D eigenvalue weighted by atomic mass is 35.5. The van der Waals surface area contributed by atoms with Crippen LogP contribution in [0.25, 0.3) is 10.9 Å². The first-order valence-corrected chi connectivity index (χ1v) is 3.72. The highest BCUT2D eigenvalue weighted by molar-refractivity contribution is 6.28. The van der Waals surface area contributed by atoms with E-state index in [1.807, 2.05) is 0 Å². The monoisotopic (exact) mass is 182 g/mol. The maximum atomic E-state index is 13.0. The summed E-state index contributed by atoms with van der Waals surface area (Å²) in [5.74, 6) is -0.329. The number of hydrogen-bond acceptors (Lipinski definition) is 2. The summed E-state index contributed by atoms with van der Waals surface area (Å²) >= 11 is 5.53. The Kier molecular flexibility index (Phi) is 1.66. The van der Waals surface area contributed by atoms with Crippen LogP contribution in [0, 0.1) is 5.82 Å². The fourth-order valence-electron chi connectivity index (χ4n) is 0.997. The van der Waals surface area contributed by atoms with Crippen molar-refractivity contribution in [1.82, 2.24) is 9.97 Å². The predicted octanol–water partition coefficient (Wildman–Crippen LogP) is 2.42. The van der Waals surface area contributed by atoms with Gasteiger partial charge >= 0.3 is 0 Å². The lowest BCUT2D eigenvalue weighted by Crippen LogP contribution is -1.86. The van der Waals surface area contributed by atoms with Gasteiger partial charge in [0, 0.05) is 6.20 Å². The van der Waals surface area contributed by atoms with Crippen molar-refractivity contribution in [3.8, 4) is 0 Å². The molecule has 0 aliphatic heterocycles. The molecule has 0 saturated heterocycles. The molecule has 2 nitrogen and oxygen atoms in total. The molecular weight excluding hydrogens is 179 g/mol. The summed E-state index contributed by atoms with van der Waals surface area (Å²) in [4.78, 5) is 7.53. The minimum Gasteiger partial charge on any atom is -0.226 e. The lowest BCUT2D eigenvalue weighted by molar-refractivity contribution is 0.639. The summed E-state index contributed by atoms with van der Waals surface area (Å²) in [6, 6.07) is 4.63. The van der Waals surface area contributed by atoms with Gasteiger partial charge in [-0.2, -0.15) is 0 Å². The lowest BCUT2D eigenvalue weighted by Gasteiger charge is -1.96. The highest BCUT2D eigenvalue weighted by Crippen LogP contribution is 2.15. The molecule has 0 amide bonds. The van der Waals surface area contributed by atoms with Crippen LogP contribution < -0.4 is 0 Å². The molecule has 1 heterocycles. The molecule has 0 aliphatic carbocycles. The summed E-state index contributed by atoms with van der Waals surface area (Å²) in [5.41, 5.74) is 0.523. The smallest absolute Gasteiger partial charge is 0.222 e. The lowest BCUT2D eigenvalue weighted by atomic mass is 10.2. The number of rotatable bonds is 0. The van der Waals surface area contributed by atoms with Crippen molar-refractivity contribution < 1.29 is 4.39 Å². The van der Waals surface area contributed by atoms with Gasteiger partial charge in [0.05, 0.1) is 10.9 Å². The van der Waals surface area contributed by atoms with E-state index in [0.29, 0.717) is 10.9 Å². The molecular formula is C8H4ClFN2. The minimum absolute atomic E-state index is 0.133. The molecule has 0 N–H and O–H groups in total. The molecule has 0 bridgehead atoms. The topological polar surface area (TPSA) is 25.8 Å². The Morgan fingerprint density at radius 1 is 1.33 bits per heavy atom. The van der Waals surface area contributed by atoms with Crippen LogP contribution in [0.2, 0.25) is 5.28 Å². The van der Waals surface area contributed by atoms with E-state index in [2.05, 4.69) is 9.97 Å². The van der Waals surface area contributed by atoms with Gasteiger partial charge in [-0.25, -0.2) is 14.4 Å². The molecule has 0 radical (unpaired) electrons. The third kappa shape index (κ3) is 1.12. The summed E-state index contributed by atoms with van der Waals surface area (Å²) in [6.07, 6.45) is 1.38. The zero-order valence-corrected chi connectivity index (χ0v) is 6.72. The van der Waals surface area contributed by atoms with E-state index in [9.17, 15) is 4.39 Å². The molecule has 0 unspecified atom stereocenters. The van der Waals surface area contributed by atoms with Crippen LogP contribution in [0.4, 0.5) is 4.39 Å². The van der Waals surface area contributed by atoms with Gasteiger partial charge in [0.1, 0.15) is 5.82 Å². The molecule has 60 valence electrons. The quantitative estimate of drug-likeness (QED) is 0.585. The van der Waals surface area contributed by atoms with E-state index < -0.39 is 0 Å². The van der Waals surface area contributed by atoms with Gasteiger partial charge in [-0.05, 0) is 23.7 Å². The molecule has 1 aromatic heterocycles. The second-order valence-corrected chi connectivity index (χ2v) is 2.65. The minimum atomic E-state index is -0.329. The van der Waals surface area contributed by atoms with Gasteiger partial charge in [-0.1, -0.05) is 6.07 Å². The van der Waals surface area contributed by atoms with Crippen LogP contribution >= 0.6 is 11.6 Å². The number of nitrogens with zero attached hydrogens (tertiary/aromatic N) is 2. The summed E-state index contributed by atoms with van der Waals surface area (Å²) in [6.45, 7) is 0. The number of halogens is 2. The molecule has 2 rings (SSSR count). The van der Waals surface area contributed by atoms with Gasteiger partial charge in [0.15, 0.2) is 0 Å². The molecule has 0 aliphatic rings. The molecule has 2 aromatic rings. The Balaban J connectivity index is 2.86. The van der Waals surface area contributed by atoms with Gasteiger partial charge in [-0.3, -0.25) is 0 Å². The van der Waals surface area contributed by atoms with Crippen LogP contribution in [-0.2, 0) is 0 Å². The number of aromatic nitrogens is 2. The van der Waals surface area contributed by atoms with E-state index in [-0.39, 0.29) is 11.1 Å². The molecule has 0 atom stereocenters. The SMILES string of the molecule is Fc1cccc2nc(Cl)ncc12. The van der Waals surface area contributed by atoms with Gasteiger partial charge in [-0.15, -0.1) is 0 Å². The Labute approximate surface area is 73.0 Å². The summed E-state index contributed by atoms with van der Waals surface area (Å²) in [5, 5.41) is 0.523. The third-order valence-electron chi connectivity index (χ3n) is 1.54. The van der Waals surface area contributed by atoms with Gasteiger partial charge in [0.2, 0.25) is 5.28 Å². The zero-order valence-electron chi connectivity index (χ0n) is 5.96. The van der Waals surface area contributed by atoms with Crippen molar-refractivity contribution in [1.29, 1.82) is 0 Å². The van der Waals surface area contributed by atoms with Crippen molar-refractivity contribution >= 4 is 22.5 Å². The Hall–Kier alpha value is -1.22. The van der Waals surface area contributed by atoms with Crippen molar-refractivity contribution in [2.45, 2.75) is 0 Å². The largest absolute Gasteiger partial charge is 0.226 e. The average Bonchev–Trinajstić information content (AvgIpc) is 2.04.